The van der Waals surface area contributed by atoms with E-state index in [0.717, 1.165) is 10.9 Å². The molecule has 0 fully saturated rings. The van der Waals surface area contributed by atoms with E-state index in [0.29, 0.717) is 30.0 Å². The van der Waals surface area contributed by atoms with Crippen molar-refractivity contribution in [2.45, 2.75) is 13.3 Å². The average molecular weight is 310 g/mol. The summed E-state index contributed by atoms with van der Waals surface area (Å²) < 4.78 is 1.94. The molecular weight excluding hydrogens is 292 g/mol. The number of aromatic amines is 1. The number of fused-ring (bicyclic) bond motifs is 1. The van der Waals surface area contributed by atoms with E-state index in [1.807, 2.05) is 42.1 Å². The lowest BCUT2D eigenvalue weighted by molar-refractivity contribution is 0.0955. The maximum atomic E-state index is 12.4. The number of benzene rings is 1. The van der Waals surface area contributed by atoms with Gasteiger partial charge in [0.25, 0.3) is 11.5 Å². The first-order valence-corrected chi connectivity index (χ1v) is 7.43. The Balaban J connectivity index is 1.70. The number of carbonyl (C=O) groups is 1. The van der Waals surface area contributed by atoms with Crippen molar-refractivity contribution in [2.75, 3.05) is 6.54 Å². The van der Waals surface area contributed by atoms with Crippen LogP contribution in [0.2, 0.25) is 0 Å². The number of amides is 1. The van der Waals surface area contributed by atoms with Gasteiger partial charge in [-0.2, -0.15) is 0 Å². The van der Waals surface area contributed by atoms with Crippen LogP contribution in [-0.2, 0) is 13.5 Å². The van der Waals surface area contributed by atoms with E-state index in [2.05, 4.69) is 15.3 Å². The third-order valence-electron chi connectivity index (χ3n) is 3.72. The number of hydrogen-bond acceptors (Lipinski definition) is 3. The van der Waals surface area contributed by atoms with E-state index in [-0.39, 0.29) is 11.5 Å². The van der Waals surface area contributed by atoms with Crippen LogP contribution >= 0.6 is 0 Å². The van der Waals surface area contributed by atoms with Crippen molar-refractivity contribution in [3.8, 4) is 0 Å². The fourth-order valence-electron chi connectivity index (χ4n) is 2.69. The van der Waals surface area contributed by atoms with Gasteiger partial charge < -0.3 is 14.9 Å². The van der Waals surface area contributed by atoms with Crippen LogP contribution in [0.4, 0.5) is 0 Å². The number of aromatic nitrogens is 3. The molecule has 3 aromatic rings. The number of para-hydroxylation sites is 1. The summed E-state index contributed by atoms with van der Waals surface area (Å²) >= 11 is 0. The Bertz CT molecular complexity index is 924. The highest BCUT2D eigenvalue weighted by Crippen LogP contribution is 2.19. The Morgan fingerprint density at radius 1 is 1.35 bits per heavy atom. The Kier molecular flexibility index (Phi) is 3.97. The fraction of sp³-hybridized carbons (Fsp3) is 0.235. The third-order valence-corrected chi connectivity index (χ3v) is 3.72. The summed E-state index contributed by atoms with van der Waals surface area (Å²) in [5.74, 6) is 0.455. The summed E-state index contributed by atoms with van der Waals surface area (Å²) in [4.78, 5) is 30.6. The highest BCUT2D eigenvalue weighted by atomic mass is 16.1. The molecule has 0 aliphatic heterocycles. The maximum absolute atomic E-state index is 12.4. The summed E-state index contributed by atoms with van der Waals surface area (Å²) in [6, 6.07) is 9.24. The van der Waals surface area contributed by atoms with Crippen molar-refractivity contribution in [1.29, 1.82) is 0 Å². The van der Waals surface area contributed by atoms with Crippen molar-refractivity contribution in [2.24, 2.45) is 7.05 Å². The van der Waals surface area contributed by atoms with Crippen LogP contribution in [0.15, 0.2) is 41.3 Å². The van der Waals surface area contributed by atoms with E-state index >= 15 is 0 Å². The van der Waals surface area contributed by atoms with Crippen LogP contribution in [0.1, 0.15) is 21.9 Å². The minimum atomic E-state index is -0.173. The molecule has 2 aromatic heterocycles. The second-order valence-electron chi connectivity index (χ2n) is 5.50. The van der Waals surface area contributed by atoms with E-state index in [1.54, 1.807) is 6.92 Å². The third kappa shape index (κ3) is 3.15. The molecule has 0 saturated carbocycles. The standard InChI is InChI=1S/C17H18N4O2/c1-11-19-12(9-16(22)20-11)7-8-18-17(23)14-10-21(2)15-6-4-3-5-13(14)15/h3-6,9-10H,7-8H2,1-2H3,(H,18,23)(H,19,20,22). The molecule has 0 atom stereocenters. The van der Waals surface area contributed by atoms with E-state index in [1.165, 1.54) is 6.07 Å². The topological polar surface area (TPSA) is 79.8 Å². The number of nitrogens with one attached hydrogen (secondary N) is 2. The number of nitrogens with zero attached hydrogens (tertiary/aromatic N) is 2. The Morgan fingerprint density at radius 2 is 2.13 bits per heavy atom. The monoisotopic (exact) mass is 310 g/mol. The minimum absolute atomic E-state index is 0.122. The number of H-pyrrole nitrogens is 1. The normalized spacial score (nSPS) is 10.9. The summed E-state index contributed by atoms with van der Waals surface area (Å²) in [5.41, 5.74) is 2.17. The van der Waals surface area contributed by atoms with Gasteiger partial charge in [-0.1, -0.05) is 18.2 Å². The van der Waals surface area contributed by atoms with Gasteiger partial charge in [-0.05, 0) is 13.0 Å². The molecule has 6 heteroatoms. The Morgan fingerprint density at radius 3 is 2.91 bits per heavy atom. The number of carbonyl (C=O) groups excluding carboxylic acids is 1. The van der Waals surface area contributed by atoms with Crippen LogP contribution in [-0.4, -0.2) is 27.0 Å². The summed E-state index contributed by atoms with van der Waals surface area (Å²) in [5, 5.41) is 3.82. The maximum Gasteiger partial charge on any atom is 0.253 e. The molecule has 2 N–H and O–H groups in total. The van der Waals surface area contributed by atoms with Crippen molar-refractivity contribution in [3.63, 3.8) is 0 Å². The molecule has 6 nitrogen and oxygen atoms in total. The van der Waals surface area contributed by atoms with Gasteiger partial charge >= 0.3 is 0 Å². The van der Waals surface area contributed by atoms with Gasteiger partial charge in [0.15, 0.2) is 0 Å². The zero-order chi connectivity index (χ0) is 16.4. The van der Waals surface area contributed by atoms with Crippen molar-refractivity contribution in [1.82, 2.24) is 19.9 Å². The molecule has 3 rings (SSSR count). The smallest absolute Gasteiger partial charge is 0.253 e. The quantitative estimate of drug-likeness (QED) is 0.767. The molecule has 0 unspecified atom stereocenters. The molecule has 0 radical (unpaired) electrons. The molecule has 1 aromatic carbocycles. The molecular formula is C17H18N4O2. The Hall–Kier alpha value is -2.89. The first-order valence-electron chi connectivity index (χ1n) is 7.43. The zero-order valence-corrected chi connectivity index (χ0v) is 13.1. The Labute approximate surface area is 133 Å². The lowest BCUT2D eigenvalue weighted by atomic mass is 10.1. The number of rotatable bonds is 4. The van der Waals surface area contributed by atoms with Gasteiger partial charge in [-0.25, -0.2) is 4.98 Å². The van der Waals surface area contributed by atoms with Gasteiger partial charge in [0.2, 0.25) is 0 Å². The van der Waals surface area contributed by atoms with Gasteiger partial charge in [0, 0.05) is 48.9 Å². The second-order valence-corrected chi connectivity index (χ2v) is 5.50. The van der Waals surface area contributed by atoms with Crippen LogP contribution in [0.25, 0.3) is 10.9 Å². The summed E-state index contributed by atoms with van der Waals surface area (Å²) in [6.07, 6.45) is 2.34. The second kappa shape index (κ2) is 6.08. The van der Waals surface area contributed by atoms with Crippen LogP contribution in [0.5, 0.6) is 0 Å². The molecule has 2 heterocycles. The van der Waals surface area contributed by atoms with Crippen LogP contribution in [0, 0.1) is 6.92 Å². The van der Waals surface area contributed by atoms with Crippen LogP contribution in [0.3, 0.4) is 0 Å². The molecule has 0 aliphatic rings. The molecule has 0 aliphatic carbocycles. The predicted molar refractivity (Wildman–Crippen MR) is 88.6 cm³/mol. The SMILES string of the molecule is Cc1nc(CCNC(=O)c2cn(C)c3ccccc23)cc(=O)[nH]1. The number of hydrogen-bond donors (Lipinski definition) is 2. The van der Waals surface area contributed by atoms with Crippen LogP contribution < -0.4 is 10.9 Å². The van der Waals surface area contributed by atoms with Crippen molar-refractivity contribution < 1.29 is 4.79 Å². The van der Waals surface area contributed by atoms with Gasteiger partial charge in [0.05, 0.1) is 5.56 Å². The van der Waals surface area contributed by atoms with Gasteiger partial charge in [-0.15, -0.1) is 0 Å². The largest absolute Gasteiger partial charge is 0.352 e. The van der Waals surface area contributed by atoms with Crippen molar-refractivity contribution in [3.05, 3.63) is 64.0 Å². The van der Waals surface area contributed by atoms with Gasteiger partial charge in [0.1, 0.15) is 5.82 Å². The minimum Gasteiger partial charge on any atom is -0.352 e. The van der Waals surface area contributed by atoms with Crippen molar-refractivity contribution >= 4 is 16.8 Å². The fourth-order valence-corrected chi connectivity index (χ4v) is 2.69. The summed E-state index contributed by atoms with van der Waals surface area (Å²) in [7, 11) is 1.92. The molecule has 0 saturated heterocycles. The lowest BCUT2D eigenvalue weighted by Gasteiger charge is -2.04. The van der Waals surface area contributed by atoms with E-state index < -0.39 is 0 Å². The predicted octanol–water partition coefficient (Wildman–Crippen LogP) is 1.54. The van der Waals surface area contributed by atoms with E-state index in [9.17, 15) is 9.59 Å². The highest BCUT2D eigenvalue weighted by molar-refractivity contribution is 6.06. The molecule has 0 bridgehead atoms. The first kappa shape index (κ1) is 15.0. The average Bonchev–Trinajstić information content (AvgIpc) is 2.84. The zero-order valence-electron chi connectivity index (χ0n) is 13.1. The molecule has 118 valence electrons. The molecule has 23 heavy (non-hydrogen) atoms. The van der Waals surface area contributed by atoms with E-state index in [4.69, 9.17) is 0 Å². The number of aryl methyl sites for hydroxylation is 2. The first-order chi connectivity index (χ1) is 11.0. The molecule has 0 spiro atoms. The highest BCUT2D eigenvalue weighted by Gasteiger charge is 2.13. The molecule has 1 amide bonds. The van der Waals surface area contributed by atoms with Gasteiger partial charge in [-0.3, -0.25) is 9.59 Å². The summed E-state index contributed by atoms with van der Waals surface area (Å²) in [6.45, 7) is 2.16. The lowest BCUT2D eigenvalue weighted by Crippen LogP contribution is -2.26.